The van der Waals surface area contributed by atoms with Gasteiger partial charge in [-0.3, -0.25) is 0 Å². The van der Waals surface area contributed by atoms with Crippen molar-refractivity contribution >= 4 is 0 Å². The zero-order valence-corrected chi connectivity index (χ0v) is 7.52. The molecule has 0 atom stereocenters. The molecular formula is C10H24O. The van der Waals surface area contributed by atoms with Gasteiger partial charge >= 0.3 is 0 Å². The van der Waals surface area contributed by atoms with Gasteiger partial charge < -0.3 is 4.74 Å². The van der Waals surface area contributed by atoms with E-state index < -0.39 is 0 Å². The van der Waals surface area contributed by atoms with Crippen LogP contribution in [0.15, 0.2) is 0 Å². The summed E-state index contributed by atoms with van der Waals surface area (Å²) < 4.78 is 5.07. The van der Waals surface area contributed by atoms with Gasteiger partial charge in [-0.1, -0.05) is 28.2 Å². The fourth-order valence-electron chi connectivity index (χ4n) is 0.687. The molecule has 0 amide bonds. The number of rotatable bonds is 0. The normalized spacial score (nSPS) is 16.4. The van der Waals surface area contributed by atoms with Gasteiger partial charge in [0.2, 0.25) is 0 Å². The van der Waals surface area contributed by atoms with E-state index in [9.17, 15) is 0 Å². The van der Waals surface area contributed by atoms with Crippen molar-refractivity contribution in [3.8, 4) is 0 Å². The third-order valence-corrected chi connectivity index (χ3v) is 1.08. The molecule has 1 aliphatic heterocycles. The Morgan fingerprint density at radius 3 is 1.36 bits per heavy atom. The Bertz CT molecular complexity index is 41.6. The Labute approximate surface area is 72.1 Å². The molecule has 0 aromatic rings. The van der Waals surface area contributed by atoms with Crippen molar-refractivity contribution in [2.45, 2.75) is 47.5 Å². The molecule has 1 rings (SSSR count). The minimum absolute atomic E-state index is 0. The molecule has 0 bridgehead atoms. The first-order chi connectivity index (χ1) is 4.73. The van der Waals surface area contributed by atoms with Gasteiger partial charge in [0.15, 0.2) is 0 Å². The molecule has 1 heteroatoms. The van der Waals surface area contributed by atoms with E-state index in [0.29, 0.717) is 0 Å². The van der Waals surface area contributed by atoms with Crippen LogP contribution in [0.2, 0.25) is 0 Å². The van der Waals surface area contributed by atoms with Gasteiger partial charge in [-0.15, -0.1) is 0 Å². The van der Waals surface area contributed by atoms with Crippen molar-refractivity contribution in [1.29, 1.82) is 0 Å². The first-order valence-electron chi connectivity index (χ1n) is 4.31. The van der Waals surface area contributed by atoms with Crippen molar-refractivity contribution in [2.24, 2.45) is 5.92 Å². The lowest BCUT2D eigenvalue weighted by molar-refractivity contribution is 0.0968. The van der Waals surface area contributed by atoms with Crippen LogP contribution in [0.5, 0.6) is 0 Å². The molecule has 11 heavy (non-hydrogen) atoms. The summed E-state index contributed by atoms with van der Waals surface area (Å²) in [5.74, 6) is 0.833. The molecule has 0 aromatic carbocycles. The number of ether oxygens (including phenoxy) is 1. The molecule has 0 aliphatic carbocycles. The Hall–Kier alpha value is -0.0400. The van der Waals surface area contributed by atoms with Crippen LogP contribution in [0, 0.1) is 5.92 Å². The van der Waals surface area contributed by atoms with Gasteiger partial charge in [0.1, 0.15) is 0 Å². The maximum Gasteiger partial charge on any atom is 0.0466 e. The largest absolute Gasteiger partial charge is 0.381 e. The Kier molecular flexibility index (Phi) is 12.3. The highest BCUT2D eigenvalue weighted by atomic mass is 16.5. The molecule has 0 spiro atoms. The first-order valence-corrected chi connectivity index (χ1v) is 4.31. The van der Waals surface area contributed by atoms with E-state index in [4.69, 9.17) is 4.74 Å². The quantitative estimate of drug-likeness (QED) is 0.527. The molecule has 0 saturated carbocycles. The second-order valence-corrected chi connectivity index (χ2v) is 3.41. The van der Waals surface area contributed by atoms with Gasteiger partial charge in [-0.25, -0.2) is 0 Å². The lowest BCUT2D eigenvalue weighted by atomic mass is 10.2. The predicted molar refractivity (Wildman–Crippen MR) is 51.9 cm³/mol. The second-order valence-electron chi connectivity index (χ2n) is 3.41. The van der Waals surface area contributed by atoms with Crippen molar-refractivity contribution in [3.05, 3.63) is 0 Å². The minimum atomic E-state index is 0. The number of hydrogen-bond acceptors (Lipinski definition) is 1. The van der Waals surface area contributed by atoms with Crippen molar-refractivity contribution in [2.75, 3.05) is 13.2 Å². The summed E-state index contributed by atoms with van der Waals surface area (Å²) in [5, 5.41) is 0. The molecule has 1 heterocycles. The highest BCUT2D eigenvalue weighted by Crippen LogP contribution is 2.02. The molecule has 0 radical (unpaired) electrons. The summed E-state index contributed by atoms with van der Waals surface area (Å²) in [4.78, 5) is 0. The van der Waals surface area contributed by atoms with E-state index in [0.717, 1.165) is 19.1 Å². The first kappa shape index (κ1) is 13.5. The lowest BCUT2D eigenvalue weighted by Crippen LogP contribution is -2.03. The topological polar surface area (TPSA) is 9.23 Å². The average molecular weight is 160 g/mol. The summed E-state index contributed by atoms with van der Waals surface area (Å²) in [6.45, 7) is 8.50. The molecular weight excluding hydrogens is 136 g/mol. The standard InChI is InChI=1S/C5H10O.C4H10.CH4/c1-2-4-6-5-3-1;1-4(2)3;/h1-5H2;4H,1-3H3;1H4. The van der Waals surface area contributed by atoms with E-state index in [1.807, 2.05) is 0 Å². The van der Waals surface area contributed by atoms with Crippen LogP contribution in [-0.4, -0.2) is 13.2 Å². The zero-order chi connectivity index (χ0) is 7.82. The van der Waals surface area contributed by atoms with Gasteiger partial charge in [-0.2, -0.15) is 0 Å². The van der Waals surface area contributed by atoms with Crippen LogP contribution in [-0.2, 0) is 4.74 Å². The van der Waals surface area contributed by atoms with E-state index in [1.165, 1.54) is 19.3 Å². The second kappa shape index (κ2) is 9.96. The summed E-state index contributed by atoms with van der Waals surface area (Å²) in [7, 11) is 0. The van der Waals surface area contributed by atoms with Gasteiger partial charge in [-0.05, 0) is 25.2 Å². The Morgan fingerprint density at radius 2 is 1.27 bits per heavy atom. The van der Waals surface area contributed by atoms with Crippen molar-refractivity contribution < 1.29 is 4.74 Å². The molecule has 1 saturated heterocycles. The Balaban J connectivity index is 0. The Morgan fingerprint density at radius 1 is 0.909 bits per heavy atom. The SMILES string of the molecule is C.C1CCOCC1.CC(C)C. The maximum absolute atomic E-state index is 5.07. The fraction of sp³-hybridized carbons (Fsp3) is 1.00. The third kappa shape index (κ3) is 17.8. The van der Waals surface area contributed by atoms with E-state index in [-0.39, 0.29) is 7.43 Å². The van der Waals surface area contributed by atoms with Gasteiger partial charge in [0.25, 0.3) is 0 Å². The van der Waals surface area contributed by atoms with Crippen LogP contribution in [0.4, 0.5) is 0 Å². The summed E-state index contributed by atoms with van der Waals surface area (Å²) in [6.07, 6.45) is 3.93. The zero-order valence-electron chi connectivity index (χ0n) is 7.52. The lowest BCUT2D eigenvalue weighted by Gasteiger charge is -2.08. The molecule has 1 aliphatic rings. The highest BCUT2D eigenvalue weighted by molar-refractivity contribution is 4.45. The highest BCUT2D eigenvalue weighted by Gasteiger charge is 1.94. The third-order valence-electron chi connectivity index (χ3n) is 1.08. The smallest absolute Gasteiger partial charge is 0.0466 e. The van der Waals surface area contributed by atoms with Crippen LogP contribution >= 0.6 is 0 Å². The van der Waals surface area contributed by atoms with Crippen LogP contribution in [0.25, 0.3) is 0 Å². The summed E-state index contributed by atoms with van der Waals surface area (Å²) in [6, 6.07) is 0. The van der Waals surface area contributed by atoms with Crippen LogP contribution in [0.1, 0.15) is 47.5 Å². The van der Waals surface area contributed by atoms with E-state index in [1.54, 1.807) is 0 Å². The monoisotopic (exact) mass is 160 g/mol. The van der Waals surface area contributed by atoms with E-state index in [2.05, 4.69) is 20.8 Å². The average Bonchev–Trinajstić information content (AvgIpc) is 1.90. The van der Waals surface area contributed by atoms with Gasteiger partial charge in [0.05, 0.1) is 0 Å². The van der Waals surface area contributed by atoms with Crippen molar-refractivity contribution in [3.63, 3.8) is 0 Å². The molecule has 70 valence electrons. The maximum atomic E-state index is 5.07. The molecule has 0 aromatic heterocycles. The van der Waals surface area contributed by atoms with Gasteiger partial charge in [0, 0.05) is 13.2 Å². The minimum Gasteiger partial charge on any atom is -0.381 e. The molecule has 1 nitrogen and oxygen atoms in total. The molecule has 0 unspecified atom stereocenters. The molecule has 0 N–H and O–H groups in total. The van der Waals surface area contributed by atoms with E-state index >= 15 is 0 Å². The summed E-state index contributed by atoms with van der Waals surface area (Å²) >= 11 is 0. The molecule has 1 fully saturated rings. The fourth-order valence-corrected chi connectivity index (χ4v) is 0.687. The van der Waals surface area contributed by atoms with Crippen molar-refractivity contribution in [1.82, 2.24) is 0 Å². The summed E-state index contributed by atoms with van der Waals surface area (Å²) in [5.41, 5.74) is 0. The predicted octanol–water partition coefficient (Wildman–Crippen LogP) is 3.49. The number of hydrogen-bond donors (Lipinski definition) is 0. The van der Waals surface area contributed by atoms with Crippen LogP contribution < -0.4 is 0 Å². The van der Waals surface area contributed by atoms with Crippen LogP contribution in [0.3, 0.4) is 0 Å².